The van der Waals surface area contributed by atoms with Gasteiger partial charge in [-0.3, -0.25) is 5.41 Å². The van der Waals surface area contributed by atoms with Crippen molar-refractivity contribution >= 4 is 16.9 Å². The van der Waals surface area contributed by atoms with E-state index in [9.17, 15) is 5.11 Å². The minimum atomic E-state index is -0.672. The molecule has 0 aromatic heterocycles. The molecule has 0 aromatic carbocycles. The Balaban J connectivity index is 2.31. The zero-order valence-corrected chi connectivity index (χ0v) is 7.69. The average Bonchev–Trinajstić information content (AvgIpc) is 2.03. The Morgan fingerprint density at radius 3 is 2.67 bits per heavy atom. The number of thioether (sulfide) groups is 1. The number of nitrogens with two attached hydrogens (primary N) is 1. The second-order valence-corrected chi connectivity index (χ2v) is 4.01. The highest BCUT2D eigenvalue weighted by Crippen LogP contribution is 2.24. The first kappa shape index (κ1) is 9.83. The van der Waals surface area contributed by atoms with Crippen LogP contribution in [0, 0.1) is 5.41 Å². The fourth-order valence-electron chi connectivity index (χ4n) is 1.11. The van der Waals surface area contributed by atoms with E-state index in [1.54, 1.807) is 0 Å². The lowest BCUT2D eigenvalue weighted by molar-refractivity contribution is -0.0475. The zero-order chi connectivity index (χ0) is 9.03. The van der Waals surface area contributed by atoms with Crippen LogP contribution in [0.2, 0.25) is 0 Å². The molecule has 0 bridgehead atoms. The van der Waals surface area contributed by atoms with Crippen molar-refractivity contribution in [2.24, 2.45) is 5.73 Å². The lowest BCUT2D eigenvalue weighted by Gasteiger charge is -2.31. The first-order valence-electron chi connectivity index (χ1n) is 3.89. The number of amidine groups is 1. The third-order valence-corrected chi connectivity index (χ3v) is 2.91. The van der Waals surface area contributed by atoms with Crippen molar-refractivity contribution in [1.82, 2.24) is 0 Å². The standard InChI is InChI=1S/C7H14N2O2S/c8-6(9)12-5-7(10)1-3-11-4-2-7/h10H,1-5H2,(H3,8,9). The molecular weight excluding hydrogens is 176 g/mol. The van der Waals surface area contributed by atoms with Crippen molar-refractivity contribution in [2.45, 2.75) is 18.4 Å². The molecule has 1 aliphatic heterocycles. The van der Waals surface area contributed by atoms with Gasteiger partial charge < -0.3 is 15.6 Å². The summed E-state index contributed by atoms with van der Waals surface area (Å²) in [6.45, 7) is 1.21. The molecule has 1 heterocycles. The second-order valence-electron chi connectivity index (χ2n) is 2.99. The molecule has 0 radical (unpaired) electrons. The third kappa shape index (κ3) is 3.00. The van der Waals surface area contributed by atoms with Gasteiger partial charge in [0.2, 0.25) is 0 Å². The summed E-state index contributed by atoms with van der Waals surface area (Å²) >= 11 is 1.19. The van der Waals surface area contributed by atoms with Crippen LogP contribution in [-0.4, -0.2) is 34.8 Å². The van der Waals surface area contributed by atoms with E-state index in [-0.39, 0.29) is 5.17 Å². The molecule has 0 aliphatic carbocycles. The van der Waals surface area contributed by atoms with Crippen molar-refractivity contribution in [3.63, 3.8) is 0 Å². The predicted molar refractivity (Wildman–Crippen MR) is 49.4 cm³/mol. The lowest BCUT2D eigenvalue weighted by Crippen LogP contribution is -2.39. The molecule has 0 amide bonds. The summed E-state index contributed by atoms with van der Waals surface area (Å²) in [4.78, 5) is 0. The number of aliphatic hydroxyl groups is 1. The maximum atomic E-state index is 9.87. The lowest BCUT2D eigenvalue weighted by atomic mass is 9.97. The molecule has 4 N–H and O–H groups in total. The van der Waals surface area contributed by atoms with Crippen LogP contribution in [0.1, 0.15) is 12.8 Å². The van der Waals surface area contributed by atoms with Crippen molar-refractivity contribution in [2.75, 3.05) is 19.0 Å². The molecule has 1 fully saturated rings. The van der Waals surface area contributed by atoms with Crippen LogP contribution in [0.15, 0.2) is 0 Å². The smallest absolute Gasteiger partial charge is 0.151 e. The van der Waals surface area contributed by atoms with Gasteiger partial charge in [-0.2, -0.15) is 0 Å². The highest BCUT2D eigenvalue weighted by atomic mass is 32.2. The van der Waals surface area contributed by atoms with Crippen LogP contribution in [0.4, 0.5) is 0 Å². The first-order chi connectivity index (χ1) is 5.62. The van der Waals surface area contributed by atoms with Gasteiger partial charge in [-0.15, -0.1) is 0 Å². The molecule has 1 aliphatic rings. The minimum Gasteiger partial charge on any atom is -0.389 e. The van der Waals surface area contributed by atoms with Crippen LogP contribution in [0.25, 0.3) is 0 Å². The number of ether oxygens (including phenoxy) is 1. The molecular formula is C7H14N2O2S. The van der Waals surface area contributed by atoms with E-state index in [1.165, 1.54) is 11.8 Å². The van der Waals surface area contributed by atoms with E-state index >= 15 is 0 Å². The summed E-state index contributed by atoms with van der Waals surface area (Å²) in [7, 11) is 0. The van der Waals surface area contributed by atoms with Crippen molar-refractivity contribution in [3.8, 4) is 0 Å². The Kier molecular flexibility index (Phi) is 3.37. The van der Waals surface area contributed by atoms with Gasteiger partial charge in [0.15, 0.2) is 5.17 Å². The number of rotatable bonds is 2. The van der Waals surface area contributed by atoms with Crippen LogP contribution < -0.4 is 5.73 Å². The fraction of sp³-hybridized carbons (Fsp3) is 0.857. The Hall–Kier alpha value is -0.260. The number of hydrogen-bond acceptors (Lipinski definition) is 4. The van der Waals surface area contributed by atoms with E-state index in [4.69, 9.17) is 15.9 Å². The highest BCUT2D eigenvalue weighted by molar-refractivity contribution is 8.13. The monoisotopic (exact) mass is 190 g/mol. The van der Waals surface area contributed by atoms with Gasteiger partial charge in [-0.25, -0.2) is 0 Å². The summed E-state index contributed by atoms with van der Waals surface area (Å²) < 4.78 is 5.12. The fourth-order valence-corrected chi connectivity index (χ4v) is 1.82. The maximum absolute atomic E-state index is 9.87. The zero-order valence-electron chi connectivity index (χ0n) is 6.88. The van der Waals surface area contributed by atoms with Gasteiger partial charge in [-0.05, 0) is 0 Å². The van der Waals surface area contributed by atoms with Crippen molar-refractivity contribution in [1.29, 1.82) is 5.41 Å². The first-order valence-corrected chi connectivity index (χ1v) is 4.88. The van der Waals surface area contributed by atoms with E-state index < -0.39 is 5.60 Å². The molecule has 1 rings (SSSR count). The minimum absolute atomic E-state index is 0.0647. The molecule has 70 valence electrons. The Morgan fingerprint density at radius 1 is 1.58 bits per heavy atom. The summed E-state index contributed by atoms with van der Waals surface area (Å²) in [5.74, 6) is 0.506. The van der Waals surface area contributed by atoms with Gasteiger partial charge in [0.1, 0.15) is 0 Å². The maximum Gasteiger partial charge on any atom is 0.151 e. The summed E-state index contributed by atoms with van der Waals surface area (Å²) in [5.41, 5.74) is 4.50. The van der Waals surface area contributed by atoms with E-state index in [0.29, 0.717) is 31.8 Å². The van der Waals surface area contributed by atoms with Gasteiger partial charge in [0, 0.05) is 31.8 Å². The SMILES string of the molecule is N=C(N)SCC1(O)CCOCC1. The summed E-state index contributed by atoms with van der Waals surface area (Å²) in [5, 5.41) is 16.9. The molecule has 0 aromatic rings. The molecule has 5 heteroatoms. The Bertz CT molecular complexity index is 169. The van der Waals surface area contributed by atoms with Gasteiger partial charge >= 0.3 is 0 Å². The average molecular weight is 190 g/mol. The van der Waals surface area contributed by atoms with Gasteiger partial charge in [0.05, 0.1) is 5.60 Å². The number of nitrogens with one attached hydrogen (secondary N) is 1. The molecule has 12 heavy (non-hydrogen) atoms. The Morgan fingerprint density at radius 2 is 2.17 bits per heavy atom. The summed E-state index contributed by atoms with van der Waals surface area (Å²) in [6, 6.07) is 0. The molecule has 0 unspecified atom stereocenters. The van der Waals surface area contributed by atoms with E-state index in [1.807, 2.05) is 0 Å². The topological polar surface area (TPSA) is 79.3 Å². The molecule has 0 spiro atoms. The molecule has 0 saturated carbocycles. The van der Waals surface area contributed by atoms with Crippen LogP contribution >= 0.6 is 11.8 Å². The highest BCUT2D eigenvalue weighted by Gasteiger charge is 2.29. The van der Waals surface area contributed by atoms with Crippen molar-refractivity contribution in [3.05, 3.63) is 0 Å². The van der Waals surface area contributed by atoms with E-state index in [0.717, 1.165) is 0 Å². The normalized spacial score (nSPS) is 22.1. The van der Waals surface area contributed by atoms with Crippen LogP contribution in [-0.2, 0) is 4.74 Å². The third-order valence-electron chi connectivity index (χ3n) is 1.92. The molecule has 0 atom stereocenters. The second kappa shape index (κ2) is 4.11. The quantitative estimate of drug-likeness (QED) is 0.428. The van der Waals surface area contributed by atoms with Crippen LogP contribution in [0.5, 0.6) is 0 Å². The Labute approximate surface area is 76.0 Å². The van der Waals surface area contributed by atoms with Gasteiger partial charge in [-0.1, -0.05) is 11.8 Å². The van der Waals surface area contributed by atoms with Gasteiger partial charge in [0.25, 0.3) is 0 Å². The van der Waals surface area contributed by atoms with Crippen LogP contribution in [0.3, 0.4) is 0 Å². The number of hydrogen-bond donors (Lipinski definition) is 3. The summed E-state index contributed by atoms with van der Waals surface area (Å²) in [6.07, 6.45) is 1.29. The van der Waals surface area contributed by atoms with Crippen molar-refractivity contribution < 1.29 is 9.84 Å². The molecule has 4 nitrogen and oxygen atoms in total. The predicted octanol–water partition coefficient (Wildman–Crippen LogP) is 0.155. The largest absolute Gasteiger partial charge is 0.389 e. The van der Waals surface area contributed by atoms with E-state index in [2.05, 4.69) is 0 Å². The molecule has 1 saturated heterocycles.